The second kappa shape index (κ2) is 5.17. The summed E-state index contributed by atoms with van der Waals surface area (Å²) >= 11 is 4.11. The molecular weight excluding hydrogens is 260 g/mol. The summed E-state index contributed by atoms with van der Waals surface area (Å²) in [6.45, 7) is -0.632. The number of rotatable bonds is 4. The van der Waals surface area contributed by atoms with Gasteiger partial charge in [-0.3, -0.25) is 0 Å². The summed E-state index contributed by atoms with van der Waals surface area (Å²) in [5.41, 5.74) is 4.77. The predicted octanol–water partition coefficient (Wildman–Crippen LogP) is 2.42. The minimum absolute atomic E-state index is 0.604. The van der Waals surface area contributed by atoms with Crippen molar-refractivity contribution in [1.29, 1.82) is 0 Å². The van der Waals surface area contributed by atoms with Gasteiger partial charge in [-0.25, -0.2) is 0 Å². The fraction of sp³-hybridized carbons (Fsp3) is 0.857. The molecule has 0 radical (unpaired) electrons. The van der Waals surface area contributed by atoms with E-state index < -0.39 is 36.0 Å². The molecule has 96 valence electrons. The number of alkyl halides is 6. The number of thiocarbonyl (C=S) groups is 1. The van der Waals surface area contributed by atoms with Crippen molar-refractivity contribution in [2.24, 2.45) is 11.7 Å². The zero-order valence-corrected chi connectivity index (χ0v) is 8.84. The molecule has 0 saturated carbocycles. The lowest BCUT2D eigenvalue weighted by Crippen LogP contribution is -2.40. The first-order valence-electron chi connectivity index (χ1n) is 4.00. The maximum atomic E-state index is 12.2. The average molecular weight is 269 g/mol. The van der Waals surface area contributed by atoms with Crippen LogP contribution in [-0.4, -0.2) is 30.1 Å². The number of halogens is 6. The van der Waals surface area contributed by atoms with Gasteiger partial charge in [-0.1, -0.05) is 12.2 Å². The van der Waals surface area contributed by atoms with Crippen molar-refractivity contribution in [3.63, 3.8) is 0 Å². The summed E-state index contributed by atoms with van der Waals surface area (Å²) in [7, 11) is 0. The van der Waals surface area contributed by atoms with E-state index in [4.69, 9.17) is 5.73 Å². The van der Waals surface area contributed by atoms with E-state index in [0.717, 1.165) is 0 Å². The van der Waals surface area contributed by atoms with Crippen LogP contribution in [0.25, 0.3) is 0 Å². The van der Waals surface area contributed by atoms with Gasteiger partial charge in [-0.2, -0.15) is 26.3 Å². The fourth-order valence-electron chi connectivity index (χ4n) is 0.673. The number of ether oxygens (including phenoxy) is 1. The van der Waals surface area contributed by atoms with E-state index in [1.807, 2.05) is 0 Å². The van der Waals surface area contributed by atoms with Crippen molar-refractivity contribution in [2.45, 2.75) is 25.4 Å². The first-order valence-corrected chi connectivity index (χ1v) is 4.41. The van der Waals surface area contributed by atoms with Gasteiger partial charge < -0.3 is 10.5 Å². The Kier molecular flexibility index (Phi) is 4.99. The highest BCUT2D eigenvalue weighted by Gasteiger charge is 2.44. The summed E-state index contributed by atoms with van der Waals surface area (Å²) in [4.78, 5) is -0.943. The van der Waals surface area contributed by atoms with Gasteiger partial charge in [0.2, 0.25) is 0 Å². The Morgan fingerprint density at radius 2 is 1.62 bits per heavy atom. The molecule has 2 atom stereocenters. The molecule has 0 aliphatic rings. The molecule has 16 heavy (non-hydrogen) atoms. The molecule has 0 rings (SSSR count). The van der Waals surface area contributed by atoms with Crippen LogP contribution < -0.4 is 5.73 Å². The third-order valence-electron chi connectivity index (χ3n) is 1.71. The van der Waals surface area contributed by atoms with Gasteiger partial charge in [0.05, 0.1) is 11.6 Å². The monoisotopic (exact) mass is 269 g/mol. The summed E-state index contributed by atoms with van der Waals surface area (Å²) in [6.07, 6.45) is -11.8. The first-order chi connectivity index (χ1) is 6.96. The number of hydrogen-bond donors (Lipinski definition) is 1. The van der Waals surface area contributed by atoms with Gasteiger partial charge in [0.15, 0.2) is 6.10 Å². The summed E-state index contributed by atoms with van der Waals surface area (Å²) in [5.74, 6) is -2.37. The third kappa shape index (κ3) is 4.97. The van der Waals surface area contributed by atoms with Crippen molar-refractivity contribution in [3.05, 3.63) is 0 Å². The predicted molar refractivity (Wildman–Crippen MR) is 47.8 cm³/mol. The summed E-state index contributed by atoms with van der Waals surface area (Å²) in [6, 6.07) is 0. The van der Waals surface area contributed by atoms with E-state index in [2.05, 4.69) is 17.0 Å². The maximum absolute atomic E-state index is 12.2. The topological polar surface area (TPSA) is 35.2 Å². The normalized spacial score (nSPS) is 16.9. The molecule has 2 unspecified atom stereocenters. The molecule has 0 aromatic carbocycles. The van der Waals surface area contributed by atoms with E-state index in [9.17, 15) is 26.3 Å². The van der Waals surface area contributed by atoms with Crippen LogP contribution in [0.15, 0.2) is 0 Å². The van der Waals surface area contributed by atoms with Gasteiger partial charge in [0.1, 0.15) is 5.92 Å². The Morgan fingerprint density at radius 3 is 1.88 bits per heavy atom. The molecule has 0 fully saturated rings. The Morgan fingerprint density at radius 1 is 1.19 bits per heavy atom. The molecule has 0 aliphatic heterocycles. The van der Waals surface area contributed by atoms with Crippen LogP contribution in [0.3, 0.4) is 0 Å². The molecule has 0 aromatic heterocycles. The van der Waals surface area contributed by atoms with Crippen molar-refractivity contribution in [2.75, 3.05) is 6.61 Å². The highest BCUT2D eigenvalue weighted by molar-refractivity contribution is 7.80. The van der Waals surface area contributed by atoms with Crippen molar-refractivity contribution in [3.8, 4) is 0 Å². The van der Waals surface area contributed by atoms with Crippen molar-refractivity contribution < 1.29 is 31.1 Å². The fourth-order valence-corrected chi connectivity index (χ4v) is 0.875. The molecule has 0 aliphatic carbocycles. The molecule has 0 amide bonds. The second-order valence-electron chi connectivity index (χ2n) is 3.01. The number of nitrogens with two attached hydrogens (primary N) is 1. The molecule has 0 spiro atoms. The zero-order chi connectivity index (χ0) is 13.1. The largest absolute Gasteiger partial charge is 0.414 e. The lowest BCUT2D eigenvalue weighted by atomic mass is 10.1. The quantitative estimate of drug-likeness (QED) is 0.629. The molecule has 0 heterocycles. The second-order valence-corrected chi connectivity index (χ2v) is 3.49. The molecule has 9 heteroatoms. The molecule has 2 nitrogen and oxygen atoms in total. The van der Waals surface area contributed by atoms with Crippen LogP contribution in [-0.2, 0) is 4.74 Å². The van der Waals surface area contributed by atoms with E-state index in [0.29, 0.717) is 6.92 Å². The van der Waals surface area contributed by atoms with Gasteiger partial charge >= 0.3 is 12.4 Å². The Hall–Kier alpha value is -0.570. The van der Waals surface area contributed by atoms with Crippen molar-refractivity contribution >= 4 is 17.2 Å². The van der Waals surface area contributed by atoms with E-state index in [1.54, 1.807) is 0 Å². The Bertz CT molecular complexity index is 250. The highest BCUT2D eigenvalue weighted by Crippen LogP contribution is 2.29. The van der Waals surface area contributed by atoms with Crippen LogP contribution in [0.5, 0.6) is 0 Å². The maximum Gasteiger partial charge on any atom is 0.414 e. The van der Waals surface area contributed by atoms with Gasteiger partial charge in [0.25, 0.3) is 0 Å². The van der Waals surface area contributed by atoms with E-state index >= 15 is 0 Å². The minimum atomic E-state index is -4.81. The standard InChI is InChI=1S/C7H9F6NOS/c1-3(6(8,9)10)15-2-4(5(14)16)7(11,12)13/h3-4H,2H2,1H3,(H2,14,16). The molecule has 2 N–H and O–H groups in total. The first kappa shape index (κ1) is 15.4. The molecular formula is C7H9F6NOS. The smallest absolute Gasteiger partial charge is 0.393 e. The molecule has 0 saturated heterocycles. The Balaban J connectivity index is 4.42. The molecule has 0 aromatic rings. The van der Waals surface area contributed by atoms with Crippen LogP contribution in [0.2, 0.25) is 0 Å². The van der Waals surface area contributed by atoms with Crippen LogP contribution in [0, 0.1) is 5.92 Å². The lowest BCUT2D eigenvalue weighted by molar-refractivity contribution is -0.230. The van der Waals surface area contributed by atoms with E-state index in [-0.39, 0.29) is 0 Å². The van der Waals surface area contributed by atoms with E-state index in [1.165, 1.54) is 0 Å². The molecule has 0 bridgehead atoms. The Labute approximate surface area is 92.7 Å². The summed E-state index contributed by atoms with van der Waals surface area (Å²) < 4.78 is 76.4. The average Bonchev–Trinajstić information content (AvgIpc) is 1.98. The van der Waals surface area contributed by atoms with Crippen LogP contribution >= 0.6 is 12.2 Å². The third-order valence-corrected chi connectivity index (χ3v) is 2.00. The summed E-state index contributed by atoms with van der Waals surface area (Å²) in [5, 5.41) is 0. The highest BCUT2D eigenvalue weighted by atomic mass is 32.1. The van der Waals surface area contributed by atoms with Gasteiger partial charge in [-0.15, -0.1) is 0 Å². The SMILES string of the molecule is CC(OCC(C(N)=S)C(F)(F)F)C(F)(F)F. The van der Waals surface area contributed by atoms with Gasteiger partial charge in [0, 0.05) is 0 Å². The zero-order valence-electron chi connectivity index (χ0n) is 8.02. The van der Waals surface area contributed by atoms with Gasteiger partial charge in [-0.05, 0) is 6.92 Å². The minimum Gasteiger partial charge on any atom is -0.393 e. The lowest BCUT2D eigenvalue weighted by Gasteiger charge is -2.22. The van der Waals surface area contributed by atoms with Crippen LogP contribution in [0.1, 0.15) is 6.92 Å². The van der Waals surface area contributed by atoms with Crippen molar-refractivity contribution in [1.82, 2.24) is 0 Å². The number of hydrogen-bond acceptors (Lipinski definition) is 2. The van der Waals surface area contributed by atoms with Crippen LogP contribution in [0.4, 0.5) is 26.3 Å².